The maximum absolute atomic E-state index is 12.7. The van der Waals surface area contributed by atoms with Gasteiger partial charge in [0.05, 0.1) is 12.1 Å². The van der Waals surface area contributed by atoms with Crippen LogP contribution in [0.2, 0.25) is 5.02 Å². The SMILES string of the molecule is O=C(Cc1ccc(Cl)cc1)N1CCCC(c2[nH]nc3nccnc23)C1. The fraction of sp³-hybridized carbons (Fsp3) is 0.333. The zero-order valence-electron chi connectivity index (χ0n) is 13.7. The van der Waals surface area contributed by atoms with Gasteiger partial charge in [-0.05, 0) is 30.5 Å². The number of rotatable bonds is 3. The van der Waals surface area contributed by atoms with Crippen molar-refractivity contribution in [3.05, 3.63) is 52.9 Å². The van der Waals surface area contributed by atoms with Crippen LogP contribution in [0.25, 0.3) is 11.2 Å². The number of likely N-dealkylation sites (tertiary alicyclic amines) is 1. The highest BCUT2D eigenvalue weighted by molar-refractivity contribution is 6.30. The number of hydrogen-bond donors (Lipinski definition) is 1. The van der Waals surface area contributed by atoms with Gasteiger partial charge < -0.3 is 4.90 Å². The molecule has 1 unspecified atom stereocenters. The van der Waals surface area contributed by atoms with E-state index in [2.05, 4.69) is 20.2 Å². The van der Waals surface area contributed by atoms with E-state index in [1.807, 2.05) is 29.2 Å². The van der Waals surface area contributed by atoms with Crippen molar-refractivity contribution < 1.29 is 4.79 Å². The number of amides is 1. The van der Waals surface area contributed by atoms with Crippen LogP contribution >= 0.6 is 11.6 Å². The van der Waals surface area contributed by atoms with Crippen LogP contribution in [0.1, 0.15) is 30.0 Å². The van der Waals surface area contributed by atoms with Crippen LogP contribution in [0.5, 0.6) is 0 Å². The van der Waals surface area contributed by atoms with Crippen molar-refractivity contribution >= 4 is 28.7 Å². The largest absolute Gasteiger partial charge is 0.342 e. The molecule has 1 aromatic carbocycles. The predicted molar refractivity (Wildman–Crippen MR) is 95.4 cm³/mol. The van der Waals surface area contributed by atoms with E-state index in [0.29, 0.717) is 23.6 Å². The van der Waals surface area contributed by atoms with Gasteiger partial charge in [0, 0.05) is 36.4 Å². The van der Waals surface area contributed by atoms with E-state index < -0.39 is 0 Å². The summed E-state index contributed by atoms with van der Waals surface area (Å²) >= 11 is 5.91. The van der Waals surface area contributed by atoms with Gasteiger partial charge in [-0.15, -0.1) is 0 Å². The number of H-pyrrole nitrogens is 1. The summed E-state index contributed by atoms with van der Waals surface area (Å²) in [6.45, 7) is 1.47. The first-order chi connectivity index (χ1) is 12.2. The zero-order valence-corrected chi connectivity index (χ0v) is 14.4. The summed E-state index contributed by atoms with van der Waals surface area (Å²) in [4.78, 5) is 23.2. The summed E-state index contributed by atoms with van der Waals surface area (Å²) in [5.41, 5.74) is 3.39. The molecule has 1 atom stereocenters. The van der Waals surface area contributed by atoms with Gasteiger partial charge >= 0.3 is 0 Å². The van der Waals surface area contributed by atoms with E-state index >= 15 is 0 Å². The fourth-order valence-electron chi connectivity index (χ4n) is 3.38. The summed E-state index contributed by atoms with van der Waals surface area (Å²) in [5, 5.41) is 7.98. The second-order valence-electron chi connectivity index (χ2n) is 6.35. The van der Waals surface area contributed by atoms with Crippen molar-refractivity contribution in [2.24, 2.45) is 0 Å². The van der Waals surface area contributed by atoms with Crippen LogP contribution in [0.15, 0.2) is 36.7 Å². The number of benzene rings is 1. The van der Waals surface area contributed by atoms with E-state index in [0.717, 1.165) is 36.2 Å². The monoisotopic (exact) mass is 355 g/mol. The molecule has 0 bridgehead atoms. The molecular weight excluding hydrogens is 338 g/mol. The third kappa shape index (κ3) is 3.35. The molecule has 0 saturated carbocycles. The van der Waals surface area contributed by atoms with E-state index in [1.54, 1.807) is 12.4 Å². The van der Waals surface area contributed by atoms with Crippen molar-refractivity contribution in [2.45, 2.75) is 25.2 Å². The van der Waals surface area contributed by atoms with Crippen LogP contribution in [0.3, 0.4) is 0 Å². The number of nitrogens with one attached hydrogen (secondary N) is 1. The molecule has 4 rings (SSSR count). The third-order valence-electron chi connectivity index (χ3n) is 4.67. The quantitative estimate of drug-likeness (QED) is 0.783. The van der Waals surface area contributed by atoms with Gasteiger partial charge in [-0.25, -0.2) is 9.97 Å². The van der Waals surface area contributed by atoms with E-state index in [-0.39, 0.29) is 11.8 Å². The minimum Gasteiger partial charge on any atom is -0.342 e. The molecule has 7 heteroatoms. The van der Waals surface area contributed by atoms with Crippen molar-refractivity contribution in [2.75, 3.05) is 13.1 Å². The number of hydrogen-bond acceptors (Lipinski definition) is 4. The Morgan fingerprint density at radius 2 is 2.04 bits per heavy atom. The summed E-state index contributed by atoms with van der Waals surface area (Å²) in [7, 11) is 0. The summed E-state index contributed by atoms with van der Waals surface area (Å²) in [6.07, 6.45) is 5.69. The van der Waals surface area contributed by atoms with Gasteiger partial charge in [0.2, 0.25) is 5.91 Å². The molecule has 0 spiro atoms. The lowest BCUT2D eigenvalue weighted by molar-refractivity contribution is -0.131. The highest BCUT2D eigenvalue weighted by atomic mass is 35.5. The van der Waals surface area contributed by atoms with Gasteiger partial charge in [0.25, 0.3) is 0 Å². The molecular formula is C18H18ClN5O. The number of carbonyl (C=O) groups excluding carboxylic acids is 1. The lowest BCUT2D eigenvalue weighted by Gasteiger charge is -2.32. The number of fused-ring (bicyclic) bond motifs is 1. The Hall–Kier alpha value is -2.47. The molecule has 1 N–H and O–H groups in total. The average molecular weight is 356 g/mol. The van der Waals surface area contributed by atoms with Gasteiger partial charge in [0.15, 0.2) is 5.65 Å². The number of halogens is 1. The summed E-state index contributed by atoms with van der Waals surface area (Å²) < 4.78 is 0. The Bertz CT molecular complexity index is 892. The first kappa shape index (κ1) is 16.0. The van der Waals surface area contributed by atoms with Crippen molar-refractivity contribution in [3.8, 4) is 0 Å². The normalized spacial score (nSPS) is 17.8. The van der Waals surface area contributed by atoms with Crippen LogP contribution in [0, 0.1) is 0 Å². The zero-order chi connectivity index (χ0) is 17.2. The Balaban J connectivity index is 1.49. The minimum atomic E-state index is 0.141. The second-order valence-corrected chi connectivity index (χ2v) is 6.78. The van der Waals surface area contributed by atoms with Crippen LogP contribution in [-0.4, -0.2) is 44.1 Å². The molecule has 1 amide bonds. The summed E-state index contributed by atoms with van der Waals surface area (Å²) in [5.74, 6) is 0.353. The standard InChI is InChI=1S/C18H18ClN5O/c19-14-5-3-12(4-6-14)10-15(25)24-9-1-2-13(11-24)16-17-18(23-22-16)21-8-7-20-17/h3-8,13H,1-2,9-11H2,(H,21,22,23). The van der Waals surface area contributed by atoms with E-state index in [1.165, 1.54) is 0 Å². The molecule has 25 heavy (non-hydrogen) atoms. The molecule has 0 radical (unpaired) electrons. The number of nitrogens with zero attached hydrogens (tertiary/aromatic N) is 4. The highest BCUT2D eigenvalue weighted by Crippen LogP contribution is 2.29. The number of carbonyl (C=O) groups is 1. The molecule has 1 fully saturated rings. The Kier molecular flexibility index (Phi) is 4.36. The van der Waals surface area contributed by atoms with Gasteiger partial charge in [-0.2, -0.15) is 5.10 Å². The first-order valence-electron chi connectivity index (χ1n) is 8.38. The van der Waals surface area contributed by atoms with Crippen LogP contribution in [-0.2, 0) is 11.2 Å². The highest BCUT2D eigenvalue weighted by Gasteiger charge is 2.27. The van der Waals surface area contributed by atoms with Crippen LogP contribution in [0.4, 0.5) is 0 Å². The Morgan fingerprint density at radius 3 is 2.88 bits per heavy atom. The minimum absolute atomic E-state index is 0.141. The topological polar surface area (TPSA) is 74.8 Å². The van der Waals surface area contributed by atoms with E-state index in [9.17, 15) is 4.79 Å². The number of aromatic nitrogens is 4. The summed E-state index contributed by atoms with van der Waals surface area (Å²) in [6, 6.07) is 7.44. The maximum atomic E-state index is 12.7. The first-order valence-corrected chi connectivity index (χ1v) is 8.75. The van der Waals surface area contributed by atoms with E-state index in [4.69, 9.17) is 11.6 Å². The second kappa shape index (κ2) is 6.80. The molecule has 1 saturated heterocycles. The molecule has 2 aromatic heterocycles. The van der Waals surface area contributed by atoms with Crippen molar-refractivity contribution in [1.82, 2.24) is 25.1 Å². The molecule has 6 nitrogen and oxygen atoms in total. The van der Waals surface area contributed by atoms with Crippen molar-refractivity contribution in [3.63, 3.8) is 0 Å². The molecule has 3 aromatic rings. The lowest BCUT2D eigenvalue weighted by Crippen LogP contribution is -2.40. The van der Waals surface area contributed by atoms with Crippen molar-refractivity contribution in [1.29, 1.82) is 0 Å². The lowest BCUT2D eigenvalue weighted by atomic mass is 9.94. The third-order valence-corrected chi connectivity index (χ3v) is 4.92. The Morgan fingerprint density at radius 1 is 1.24 bits per heavy atom. The van der Waals surface area contributed by atoms with Crippen LogP contribution < -0.4 is 0 Å². The smallest absolute Gasteiger partial charge is 0.227 e. The molecule has 1 aliphatic heterocycles. The number of piperidine rings is 1. The van der Waals surface area contributed by atoms with Gasteiger partial charge in [-0.1, -0.05) is 23.7 Å². The fourth-order valence-corrected chi connectivity index (χ4v) is 3.51. The number of aromatic amines is 1. The molecule has 3 heterocycles. The molecule has 128 valence electrons. The predicted octanol–water partition coefficient (Wildman–Crippen LogP) is 2.96. The maximum Gasteiger partial charge on any atom is 0.227 e. The average Bonchev–Trinajstić information content (AvgIpc) is 3.08. The molecule has 0 aliphatic carbocycles. The molecule has 1 aliphatic rings. The van der Waals surface area contributed by atoms with Gasteiger partial charge in [0.1, 0.15) is 5.52 Å². The van der Waals surface area contributed by atoms with Gasteiger partial charge in [-0.3, -0.25) is 9.89 Å². The Labute approximate surface area is 150 Å².